The van der Waals surface area contributed by atoms with Crippen LogP contribution in [0.3, 0.4) is 0 Å². The Bertz CT molecular complexity index is 1840. The average molecular weight is 639 g/mol. The highest BCUT2D eigenvalue weighted by molar-refractivity contribution is 6.08. The van der Waals surface area contributed by atoms with Crippen LogP contribution in [0, 0.1) is 6.92 Å². The summed E-state index contributed by atoms with van der Waals surface area (Å²) in [5, 5.41) is 16.6. The molecule has 10 heteroatoms. The number of anilines is 1. The Kier molecular flexibility index (Phi) is 9.06. The van der Waals surface area contributed by atoms with Crippen LogP contribution in [-0.4, -0.2) is 46.5 Å². The Hall–Kier alpha value is -5.06. The van der Waals surface area contributed by atoms with Crippen LogP contribution >= 0.6 is 0 Å². The maximum atomic E-state index is 13.2. The number of aryl methyl sites for hydroxylation is 1. The molecule has 3 N–H and O–H groups in total. The van der Waals surface area contributed by atoms with E-state index in [0.717, 1.165) is 22.3 Å². The van der Waals surface area contributed by atoms with Crippen LogP contribution < -0.4 is 15.4 Å². The number of benzene rings is 3. The first-order chi connectivity index (χ1) is 22.7. The van der Waals surface area contributed by atoms with Crippen molar-refractivity contribution >= 4 is 11.6 Å². The van der Waals surface area contributed by atoms with E-state index in [1.807, 2.05) is 85.8 Å². The van der Waals surface area contributed by atoms with Gasteiger partial charge in [-0.15, -0.1) is 0 Å². The molecule has 2 heterocycles. The van der Waals surface area contributed by atoms with Crippen LogP contribution in [0.2, 0.25) is 0 Å². The molecule has 0 aliphatic heterocycles. The minimum Gasteiger partial charge on any atom is -0.477 e. The van der Waals surface area contributed by atoms with Crippen molar-refractivity contribution in [2.45, 2.75) is 37.6 Å². The number of fused-ring (bicyclic) bond motifs is 3. The Morgan fingerprint density at radius 2 is 1.53 bits per heavy atom. The van der Waals surface area contributed by atoms with E-state index in [1.54, 1.807) is 24.4 Å². The lowest BCUT2D eigenvalue weighted by Crippen LogP contribution is -2.51. The lowest BCUT2D eigenvalue weighted by atomic mass is 9.73. The minimum absolute atomic E-state index is 0.203. The van der Waals surface area contributed by atoms with E-state index in [1.165, 1.54) is 6.20 Å². The lowest BCUT2D eigenvalue weighted by molar-refractivity contribution is -0.133. The normalized spacial score (nSPS) is 13.8. The van der Waals surface area contributed by atoms with Gasteiger partial charge in [-0.3, -0.25) is 15.1 Å². The quantitative estimate of drug-likeness (QED) is 0.104. The lowest BCUT2D eigenvalue weighted by Gasteiger charge is -2.37. The number of carbonyl (C=O) groups excluding carboxylic acids is 1. The van der Waals surface area contributed by atoms with Crippen molar-refractivity contribution in [3.63, 3.8) is 0 Å². The summed E-state index contributed by atoms with van der Waals surface area (Å²) in [7, 11) is 0. The van der Waals surface area contributed by atoms with Gasteiger partial charge in [-0.2, -0.15) is 13.2 Å². The molecule has 6 rings (SSSR count). The fourth-order valence-electron chi connectivity index (χ4n) is 6.37. The number of aromatic nitrogens is 2. The monoisotopic (exact) mass is 638 g/mol. The van der Waals surface area contributed by atoms with Crippen molar-refractivity contribution < 1.29 is 27.8 Å². The molecular formula is C37H33F3N4O3. The van der Waals surface area contributed by atoms with Crippen LogP contribution in [0.1, 0.15) is 39.9 Å². The molecule has 240 valence electrons. The number of alkyl halides is 3. The van der Waals surface area contributed by atoms with E-state index in [2.05, 4.69) is 20.6 Å². The van der Waals surface area contributed by atoms with Gasteiger partial charge in [-0.1, -0.05) is 72.8 Å². The van der Waals surface area contributed by atoms with Crippen LogP contribution in [0.25, 0.3) is 22.4 Å². The first-order valence-corrected chi connectivity index (χ1v) is 15.3. The third-order valence-corrected chi connectivity index (χ3v) is 8.42. The molecule has 1 aliphatic rings. The molecule has 0 saturated carbocycles. The zero-order valence-corrected chi connectivity index (χ0v) is 25.6. The predicted molar refractivity (Wildman–Crippen MR) is 174 cm³/mol. The molecule has 47 heavy (non-hydrogen) atoms. The highest BCUT2D eigenvalue weighted by Gasteiger charge is 2.48. The smallest absolute Gasteiger partial charge is 0.401 e. The van der Waals surface area contributed by atoms with Crippen molar-refractivity contribution in [1.29, 1.82) is 0 Å². The number of amides is 1. The molecule has 7 nitrogen and oxygen atoms in total. The largest absolute Gasteiger partial charge is 0.477 e. The number of aliphatic hydroxyl groups excluding tert-OH is 1. The molecule has 0 radical (unpaired) electrons. The van der Waals surface area contributed by atoms with Gasteiger partial charge < -0.3 is 15.2 Å². The summed E-state index contributed by atoms with van der Waals surface area (Å²) in [5.41, 5.74) is 5.23. The van der Waals surface area contributed by atoms with E-state index in [-0.39, 0.29) is 12.5 Å². The molecule has 3 aromatic carbocycles. The molecule has 1 unspecified atom stereocenters. The van der Waals surface area contributed by atoms with Crippen LogP contribution in [0.4, 0.5) is 18.9 Å². The number of ether oxygens (including phenoxy) is 1. The van der Waals surface area contributed by atoms with E-state index in [0.29, 0.717) is 46.8 Å². The van der Waals surface area contributed by atoms with E-state index in [9.17, 15) is 23.1 Å². The van der Waals surface area contributed by atoms with Crippen LogP contribution in [-0.2, 0) is 5.41 Å². The molecule has 1 amide bonds. The second-order valence-electron chi connectivity index (χ2n) is 11.5. The maximum Gasteiger partial charge on any atom is 0.401 e. The van der Waals surface area contributed by atoms with Gasteiger partial charge in [0.15, 0.2) is 0 Å². The summed E-state index contributed by atoms with van der Waals surface area (Å²) < 4.78 is 45.6. The molecule has 1 aliphatic carbocycles. The molecular weight excluding hydrogens is 605 g/mol. The van der Waals surface area contributed by atoms with E-state index in [4.69, 9.17) is 4.74 Å². The van der Waals surface area contributed by atoms with Gasteiger partial charge in [0.25, 0.3) is 5.91 Å². The van der Waals surface area contributed by atoms with Gasteiger partial charge >= 0.3 is 6.18 Å². The number of rotatable bonds is 11. The molecule has 0 saturated heterocycles. The standard InChI is InChI=1S/C37H33F3N4O3/c1-24-21-25(44-33(45)29-14-3-2-13-28(29)32-17-8-9-19-41-32)22-42-34(24)47-20-10-18-36(35(46)43-23-37(38,39)40)30-15-6-4-11-26(30)27-12-5-7-16-31(27)36/h2-9,11-17,19,21-22,35,43,46H,10,18,20,23H2,1H3,(H,44,45). The number of nitrogens with one attached hydrogen (secondary N) is 2. The zero-order chi connectivity index (χ0) is 33.0. The first kappa shape index (κ1) is 31.9. The summed E-state index contributed by atoms with van der Waals surface area (Å²) in [4.78, 5) is 22.0. The van der Waals surface area contributed by atoms with Gasteiger partial charge in [0.2, 0.25) is 5.88 Å². The fraction of sp³-hybridized carbons (Fsp3) is 0.216. The molecule has 0 bridgehead atoms. The number of pyridine rings is 2. The number of carbonyl (C=O) groups is 1. The summed E-state index contributed by atoms with van der Waals surface area (Å²) in [6, 6.07) is 29.5. The number of hydrogen-bond acceptors (Lipinski definition) is 6. The summed E-state index contributed by atoms with van der Waals surface area (Å²) in [6.07, 6.45) is -2.07. The minimum atomic E-state index is -4.49. The van der Waals surface area contributed by atoms with Gasteiger partial charge in [-0.05, 0) is 66.3 Å². The molecule has 5 aromatic rings. The van der Waals surface area contributed by atoms with Crippen molar-refractivity contribution in [2.75, 3.05) is 18.5 Å². The second-order valence-corrected chi connectivity index (χ2v) is 11.5. The van der Waals surface area contributed by atoms with Gasteiger partial charge in [0, 0.05) is 22.9 Å². The topological polar surface area (TPSA) is 96.4 Å². The predicted octanol–water partition coefficient (Wildman–Crippen LogP) is 7.30. The SMILES string of the molecule is Cc1cc(NC(=O)c2ccccc2-c2ccccn2)cnc1OCCCC1(C(O)NCC(F)(F)F)c2ccccc2-c2ccccc21. The van der Waals surface area contributed by atoms with Crippen LogP contribution in [0.5, 0.6) is 5.88 Å². The number of hydrogen-bond donors (Lipinski definition) is 3. The molecule has 0 fully saturated rings. The van der Waals surface area contributed by atoms with Gasteiger partial charge in [-0.25, -0.2) is 4.98 Å². The Morgan fingerprint density at radius 1 is 0.894 bits per heavy atom. The third kappa shape index (κ3) is 6.61. The van der Waals surface area contributed by atoms with Crippen LogP contribution in [0.15, 0.2) is 109 Å². The van der Waals surface area contributed by atoms with Gasteiger partial charge in [0.1, 0.15) is 6.23 Å². The molecule has 0 spiro atoms. The number of nitrogens with zero attached hydrogens (tertiary/aromatic N) is 2. The van der Waals surface area contributed by atoms with E-state index < -0.39 is 24.4 Å². The third-order valence-electron chi connectivity index (χ3n) is 8.42. The molecule has 2 aromatic heterocycles. The zero-order valence-electron chi connectivity index (χ0n) is 25.6. The van der Waals surface area contributed by atoms with Crippen molar-refractivity contribution in [3.8, 4) is 28.3 Å². The highest BCUT2D eigenvalue weighted by atomic mass is 19.4. The summed E-state index contributed by atoms with van der Waals surface area (Å²) >= 11 is 0. The Balaban J connectivity index is 1.16. The fourth-order valence-corrected chi connectivity index (χ4v) is 6.37. The molecule has 1 atom stereocenters. The Labute approximate surface area is 270 Å². The number of aliphatic hydroxyl groups is 1. The Morgan fingerprint density at radius 3 is 2.17 bits per heavy atom. The second kappa shape index (κ2) is 13.4. The first-order valence-electron chi connectivity index (χ1n) is 15.3. The van der Waals surface area contributed by atoms with Crippen molar-refractivity contribution in [3.05, 3.63) is 132 Å². The number of halogens is 3. The van der Waals surface area contributed by atoms with Crippen molar-refractivity contribution in [2.24, 2.45) is 0 Å². The van der Waals surface area contributed by atoms with Gasteiger partial charge in [0.05, 0.1) is 36.1 Å². The van der Waals surface area contributed by atoms with Crippen molar-refractivity contribution in [1.82, 2.24) is 15.3 Å². The maximum absolute atomic E-state index is 13.2. The van der Waals surface area contributed by atoms with E-state index >= 15 is 0 Å². The average Bonchev–Trinajstić information content (AvgIpc) is 3.37. The summed E-state index contributed by atoms with van der Waals surface area (Å²) in [5.74, 6) is 0.0649. The summed E-state index contributed by atoms with van der Waals surface area (Å²) in [6.45, 7) is 0.697. The highest BCUT2D eigenvalue weighted by Crippen LogP contribution is 2.52.